The third-order valence-corrected chi connectivity index (χ3v) is 3.59. The molecule has 0 saturated carbocycles. The molecule has 0 saturated heterocycles. The lowest BCUT2D eigenvalue weighted by atomic mass is 10.1. The van der Waals surface area contributed by atoms with Crippen LogP contribution in [0.25, 0.3) is 0 Å². The lowest BCUT2D eigenvalue weighted by Crippen LogP contribution is -2.12. The van der Waals surface area contributed by atoms with Gasteiger partial charge in [0.1, 0.15) is 0 Å². The van der Waals surface area contributed by atoms with Crippen molar-refractivity contribution in [2.75, 3.05) is 24.3 Å². The number of nitrogens with zero attached hydrogens (tertiary/aromatic N) is 2. The van der Waals surface area contributed by atoms with Crippen molar-refractivity contribution in [3.63, 3.8) is 0 Å². The zero-order chi connectivity index (χ0) is 15.4. The second-order valence-corrected chi connectivity index (χ2v) is 5.71. The summed E-state index contributed by atoms with van der Waals surface area (Å²) in [6.07, 6.45) is 0. The van der Waals surface area contributed by atoms with Crippen LogP contribution in [0.2, 0.25) is 0 Å². The summed E-state index contributed by atoms with van der Waals surface area (Å²) >= 11 is 3.26. The van der Waals surface area contributed by atoms with Crippen LogP contribution < -0.4 is 10.2 Å². The Morgan fingerprint density at radius 1 is 1.24 bits per heavy atom. The Hall–Kier alpha value is -2.08. The predicted molar refractivity (Wildman–Crippen MR) is 88.9 cm³/mol. The van der Waals surface area contributed by atoms with E-state index in [9.17, 15) is 10.1 Å². The van der Waals surface area contributed by atoms with E-state index in [0.29, 0.717) is 16.6 Å². The molecule has 0 radical (unpaired) electrons. The zero-order valence-corrected chi connectivity index (χ0v) is 13.4. The fraction of sp³-hybridized carbons (Fsp3) is 0.200. The van der Waals surface area contributed by atoms with Gasteiger partial charge in [-0.3, -0.25) is 10.1 Å². The first-order chi connectivity index (χ1) is 9.99. The molecule has 0 aliphatic carbocycles. The van der Waals surface area contributed by atoms with Crippen LogP contribution in [0, 0.1) is 10.1 Å². The van der Waals surface area contributed by atoms with Gasteiger partial charge in [0.25, 0.3) is 5.69 Å². The number of nitro groups is 1. The molecule has 0 aliphatic rings. The topological polar surface area (TPSA) is 58.4 Å². The Morgan fingerprint density at radius 2 is 1.95 bits per heavy atom. The van der Waals surface area contributed by atoms with Gasteiger partial charge in [-0.2, -0.15) is 0 Å². The molecule has 0 atom stereocenters. The van der Waals surface area contributed by atoms with Crippen molar-refractivity contribution in [1.82, 2.24) is 0 Å². The number of hydrogen-bond acceptors (Lipinski definition) is 4. The number of benzene rings is 2. The van der Waals surface area contributed by atoms with E-state index in [1.807, 2.05) is 49.3 Å². The summed E-state index contributed by atoms with van der Waals surface area (Å²) in [5.41, 5.74) is 2.74. The van der Waals surface area contributed by atoms with E-state index in [4.69, 9.17) is 0 Å². The molecule has 0 heterocycles. The first-order valence-electron chi connectivity index (χ1n) is 6.42. The van der Waals surface area contributed by atoms with Crippen molar-refractivity contribution in [3.05, 3.63) is 62.6 Å². The van der Waals surface area contributed by atoms with Crippen molar-refractivity contribution in [3.8, 4) is 0 Å². The lowest BCUT2D eigenvalue weighted by Gasteiger charge is -2.18. The molecule has 110 valence electrons. The molecular formula is C15H16BrN3O2. The molecule has 21 heavy (non-hydrogen) atoms. The SMILES string of the molecule is CN(C)c1ccccc1NCc1ccc(Br)cc1[N+](=O)[O-]. The third kappa shape index (κ3) is 3.72. The Balaban J connectivity index is 2.23. The molecule has 0 spiro atoms. The van der Waals surface area contributed by atoms with Gasteiger partial charge in [-0.1, -0.05) is 28.1 Å². The highest BCUT2D eigenvalue weighted by atomic mass is 79.9. The number of anilines is 2. The van der Waals surface area contributed by atoms with Crippen LogP contribution in [0.15, 0.2) is 46.9 Å². The summed E-state index contributed by atoms with van der Waals surface area (Å²) in [5.74, 6) is 0. The maximum Gasteiger partial charge on any atom is 0.275 e. The number of hydrogen-bond donors (Lipinski definition) is 1. The molecular weight excluding hydrogens is 334 g/mol. The average Bonchev–Trinajstić information content (AvgIpc) is 2.46. The van der Waals surface area contributed by atoms with Crippen molar-refractivity contribution >= 4 is 33.0 Å². The molecule has 2 aromatic carbocycles. The predicted octanol–water partition coefficient (Wildman–Crippen LogP) is 4.04. The number of nitro benzene ring substituents is 1. The molecule has 0 aromatic heterocycles. The second kappa shape index (κ2) is 6.58. The number of rotatable bonds is 5. The zero-order valence-electron chi connectivity index (χ0n) is 11.8. The molecule has 5 nitrogen and oxygen atoms in total. The van der Waals surface area contributed by atoms with Gasteiger partial charge in [0, 0.05) is 36.7 Å². The standard InChI is InChI=1S/C15H16BrN3O2/c1-18(2)14-6-4-3-5-13(14)17-10-11-7-8-12(16)9-15(11)19(20)21/h3-9,17H,10H2,1-2H3. The van der Waals surface area contributed by atoms with E-state index in [2.05, 4.69) is 21.2 Å². The van der Waals surface area contributed by atoms with Gasteiger partial charge in [0.15, 0.2) is 0 Å². The first kappa shape index (κ1) is 15.3. The average molecular weight is 350 g/mol. The van der Waals surface area contributed by atoms with Gasteiger partial charge in [-0.15, -0.1) is 0 Å². The Kier molecular flexibility index (Phi) is 4.80. The van der Waals surface area contributed by atoms with Crippen molar-refractivity contribution in [2.45, 2.75) is 6.54 Å². The minimum absolute atomic E-state index is 0.110. The van der Waals surface area contributed by atoms with Crippen LogP contribution in [-0.2, 0) is 6.54 Å². The van der Waals surface area contributed by atoms with Crippen molar-refractivity contribution in [1.29, 1.82) is 0 Å². The van der Waals surface area contributed by atoms with E-state index in [1.165, 1.54) is 6.07 Å². The van der Waals surface area contributed by atoms with Gasteiger partial charge < -0.3 is 10.2 Å². The Morgan fingerprint density at radius 3 is 2.62 bits per heavy atom. The maximum atomic E-state index is 11.1. The quantitative estimate of drug-likeness (QED) is 0.653. The molecule has 0 amide bonds. The van der Waals surface area contributed by atoms with Gasteiger partial charge in [0.2, 0.25) is 0 Å². The number of halogens is 1. The van der Waals surface area contributed by atoms with Crippen LogP contribution in [0.1, 0.15) is 5.56 Å². The van der Waals surface area contributed by atoms with Gasteiger partial charge >= 0.3 is 0 Å². The van der Waals surface area contributed by atoms with Crippen LogP contribution in [0.3, 0.4) is 0 Å². The maximum absolute atomic E-state index is 11.1. The van der Waals surface area contributed by atoms with E-state index < -0.39 is 0 Å². The van der Waals surface area contributed by atoms with Gasteiger partial charge in [-0.25, -0.2) is 0 Å². The molecule has 2 rings (SSSR count). The fourth-order valence-corrected chi connectivity index (χ4v) is 2.41. The minimum atomic E-state index is -0.361. The third-order valence-electron chi connectivity index (χ3n) is 3.10. The Labute approximate surface area is 131 Å². The number of para-hydroxylation sites is 2. The molecule has 6 heteroatoms. The van der Waals surface area contributed by atoms with E-state index in [-0.39, 0.29) is 10.6 Å². The summed E-state index contributed by atoms with van der Waals surface area (Å²) in [5, 5.41) is 14.4. The molecule has 0 unspecified atom stereocenters. The summed E-state index contributed by atoms with van der Waals surface area (Å²) in [7, 11) is 3.92. The van der Waals surface area contributed by atoms with Gasteiger partial charge in [0.05, 0.1) is 16.3 Å². The van der Waals surface area contributed by atoms with Crippen molar-refractivity contribution < 1.29 is 4.92 Å². The first-order valence-corrected chi connectivity index (χ1v) is 7.21. The highest BCUT2D eigenvalue weighted by Gasteiger charge is 2.14. The normalized spacial score (nSPS) is 10.2. The molecule has 0 bridgehead atoms. The van der Waals surface area contributed by atoms with Crippen LogP contribution >= 0.6 is 15.9 Å². The van der Waals surface area contributed by atoms with E-state index in [1.54, 1.807) is 6.07 Å². The highest BCUT2D eigenvalue weighted by molar-refractivity contribution is 9.10. The summed E-state index contributed by atoms with van der Waals surface area (Å²) in [4.78, 5) is 12.7. The molecule has 0 fully saturated rings. The molecule has 1 N–H and O–H groups in total. The van der Waals surface area contributed by atoms with Crippen LogP contribution in [0.5, 0.6) is 0 Å². The lowest BCUT2D eigenvalue weighted by molar-refractivity contribution is -0.385. The second-order valence-electron chi connectivity index (χ2n) is 4.80. The number of nitrogens with one attached hydrogen (secondary N) is 1. The summed E-state index contributed by atoms with van der Waals surface area (Å²) in [6.45, 7) is 0.397. The van der Waals surface area contributed by atoms with Crippen LogP contribution in [-0.4, -0.2) is 19.0 Å². The smallest absolute Gasteiger partial charge is 0.275 e. The monoisotopic (exact) mass is 349 g/mol. The summed E-state index contributed by atoms with van der Waals surface area (Å²) in [6, 6.07) is 12.9. The molecule has 0 aliphatic heterocycles. The summed E-state index contributed by atoms with van der Waals surface area (Å²) < 4.78 is 0.701. The van der Waals surface area contributed by atoms with Gasteiger partial charge in [-0.05, 0) is 24.3 Å². The molecule has 2 aromatic rings. The highest BCUT2D eigenvalue weighted by Crippen LogP contribution is 2.27. The largest absolute Gasteiger partial charge is 0.379 e. The fourth-order valence-electron chi connectivity index (χ4n) is 2.06. The van der Waals surface area contributed by atoms with E-state index in [0.717, 1.165) is 11.4 Å². The van der Waals surface area contributed by atoms with Crippen molar-refractivity contribution in [2.24, 2.45) is 0 Å². The minimum Gasteiger partial charge on any atom is -0.379 e. The Bertz CT molecular complexity index is 659. The van der Waals surface area contributed by atoms with Crippen LogP contribution in [0.4, 0.5) is 17.1 Å². The van der Waals surface area contributed by atoms with E-state index >= 15 is 0 Å².